The minimum absolute atomic E-state index is 0.308. The molecular formula is C18H26N6O2. The van der Waals surface area contributed by atoms with Crippen LogP contribution in [0.25, 0.3) is 16.9 Å². The van der Waals surface area contributed by atoms with Gasteiger partial charge in [-0.15, -0.1) is 0 Å². The molecule has 0 radical (unpaired) electrons. The largest absolute Gasteiger partial charge is 0.332 e. The third-order valence-electron chi connectivity index (χ3n) is 5.64. The number of aromatic nitrogens is 5. The number of fused-ring (bicyclic) bond motifs is 3. The molecule has 0 aliphatic carbocycles. The first kappa shape index (κ1) is 17.1. The van der Waals surface area contributed by atoms with Crippen molar-refractivity contribution >= 4 is 16.9 Å². The molecule has 8 nitrogen and oxygen atoms in total. The maximum Gasteiger partial charge on any atom is 0.332 e. The first-order valence-corrected chi connectivity index (χ1v) is 9.24. The van der Waals surface area contributed by atoms with Gasteiger partial charge in [0, 0.05) is 45.6 Å². The van der Waals surface area contributed by atoms with Gasteiger partial charge in [-0.2, -0.15) is 4.98 Å². The highest BCUT2D eigenvalue weighted by molar-refractivity contribution is 5.75. The lowest BCUT2D eigenvalue weighted by atomic mass is 10.0. The second-order valence-electron chi connectivity index (χ2n) is 7.63. The van der Waals surface area contributed by atoms with E-state index in [1.165, 1.54) is 24.5 Å². The molecule has 1 atom stereocenters. The second-order valence-corrected chi connectivity index (χ2v) is 7.63. The first-order chi connectivity index (χ1) is 12.4. The van der Waals surface area contributed by atoms with Crippen LogP contribution in [0.5, 0.6) is 0 Å². The summed E-state index contributed by atoms with van der Waals surface area (Å²) >= 11 is 0. The van der Waals surface area contributed by atoms with Crippen LogP contribution in [0.3, 0.4) is 0 Å². The van der Waals surface area contributed by atoms with Crippen molar-refractivity contribution in [3.63, 3.8) is 0 Å². The zero-order chi connectivity index (χ0) is 18.6. The molecular weight excluding hydrogens is 332 g/mol. The van der Waals surface area contributed by atoms with Crippen LogP contribution < -0.4 is 11.2 Å². The van der Waals surface area contributed by atoms with E-state index in [1.54, 1.807) is 7.05 Å². The lowest BCUT2D eigenvalue weighted by Crippen LogP contribution is -2.37. The highest BCUT2D eigenvalue weighted by atomic mass is 16.2. The summed E-state index contributed by atoms with van der Waals surface area (Å²) in [4.78, 5) is 31.9. The van der Waals surface area contributed by atoms with Crippen LogP contribution in [0.4, 0.5) is 0 Å². The quantitative estimate of drug-likeness (QED) is 0.692. The fourth-order valence-electron chi connectivity index (χ4n) is 4.14. The van der Waals surface area contributed by atoms with Gasteiger partial charge in [-0.3, -0.25) is 18.3 Å². The van der Waals surface area contributed by atoms with Crippen LogP contribution in [0.15, 0.2) is 15.8 Å². The van der Waals surface area contributed by atoms with Gasteiger partial charge in [0.05, 0.1) is 0 Å². The summed E-state index contributed by atoms with van der Waals surface area (Å²) in [6, 6.07) is 0. The van der Waals surface area contributed by atoms with Crippen molar-refractivity contribution in [3.05, 3.63) is 32.7 Å². The maximum atomic E-state index is 12.6. The average Bonchev–Trinajstić information content (AvgIpc) is 3.11. The molecule has 0 amide bonds. The van der Waals surface area contributed by atoms with Crippen molar-refractivity contribution in [1.82, 2.24) is 28.0 Å². The summed E-state index contributed by atoms with van der Waals surface area (Å²) in [5, 5.41) is 0. The number of rotatable bonds is 3. The predicted octanol–water partition coefficient (Wildman–Crippen LogP) is 0.727. The number of hydrogen-bond acceptors (Lipinski definition) is 4. The molecule has 3 aromatic heterocycles. The van der Waals surface area contributed by atoms with E-state index in [2.05, 4.69) is 21.4 Å². The average molecular weight is 358 g/mol. The number of piperidine rings is 1. The predicted molar refractivity (Wildman–Crippen MR) is 101 cm³/mol. The van der Waals surface area contributed by atoms with Crippen LogP contribution in [0, 0.1) is 12.8 Å². The SMILES string of the molecule is Cc1cn2c3c(=O)n(C)c(=O)n(C)c3nc2n1CCN1CCC[C@H](C)C1. The van der Waals surface area contributed by atoms with Crippen molar-refractivity contribution in [2.24, 2.45) is 20.0 Å². The Hall–Kier alpha value is -2.35. The normalized spacial score (nSPS) is 19.0. The lowest BCUT2D eigenvalue weighted by Gasteiger charge is -2.30. The Bertz CT molecular complexity index is 1100. The smallest absolute Gasteiger partial charge is 0.313 e. The van der Waals surface area contributed by atoms with Crippen LogP contribution >= 0.6 is 0 Å². The van der Waals surface area contributed by atoms with Crippen molar-refractivity contribution in [2.75, 3.05) is 19.6 Å². The molecule has 1 aliphatic heterocycles. The lowest BCUT2D eigenvalue weighted by molar-refractivity contribution is 0.178. The molecule has 1 saturated heterocycles. The molecule has 26 heavy (non-hydrogen) atoms. The highest BCUT2D eigenvalue weighted by Crippen LogP contribution is 2.18. The minimum atomic E-state index is -0.353. The van der Waals surface area contributed by atoms with E-state index in [9.17, 15) is 9.59 Å². The van der Waals surface area contributed by atoms with Crippen LogP contribution in [0.1, 0.15) is 25.5 Å². The van der Waals surface area contributed by atoms with Crippen molar-refractivity contribution < 1.29 is 0 Å². The monoisotopic (exact) mass is 358 g/mol. The van der Waals surface area contributed by atoms with Gasteiger partial charge in [0.15, 0.2) is 11.2 Å². The molecule has 3 aromatic rings. The molecule has 0 bridgehead atoms. The number of aryl methyl sites for hydroxylation is 2. The Balaban J connectivity index is 1.77. The molecule has 4 heterocycles. The standard InChI is InChI=1S/C18H26N6O2/c1-12-6-5-7-22(10-12)8-9-23-13(2)11-24-14-15(19-17(23)24)20(3)18(26)21(4)16(14)25/h11-12H,5-10H2,1-4H3/t12-/m0/s1. The van der Waals surface area contributed by atoms with Crippen molar-refractivity contribution in [1.29, 1.82) is 0 Å². The first-order valence-electron chi connectivity index (χ1n) is 9.24. The third-order valence-corrected chi connectivity index (χ3v) is 5.64. The summed E-state index contributed by atoms with van der Waals surface area (Å²) in [5.41, 5.74) is 1.30. The number of likely N-dealkylation sites (tertiary alicyclic amines) is 1. The van der Waals surface area contributed by atoms with E-state index < -0.39 is 0 Å². The second kappa shape index (κ2) is 6.12. The molecule has 8 heteroatoms. The summed E-state index contributed by atoms with van der Waals surface area (Å²) in [6.45, 7) is 8.42. The molecule has 0 unspecified atom stereocenters. The molecule has 4 rings (SSSR count). The molecule has 0 N–H and O–H groups in total. The van der Waals surface area contributed by atoms with Crippen LogP contribution in [-0.2, 0) is 20.6 Å². The molecule has 1 fully saturated rings. The fraction of sp³-hybridized carbons (Fsp3) is 0.611. The summed E-state index contributed by atoms with van der Waals surface area (Å²) < 4.78 is 6.54. The Morgan fingerprint density at radius 1 is 1.19 bits per heavy atom. The molecule has 140 valence electrons. The third kappa shape index (κ3) is 2.51. The number of imidazole rings is 2. The van der Waals surface area contributed by atoms with E-state index in [1.807, 2.05) is 17.5 Å². The summed E-state index contributed by atoms with van der Waals surface area (Å²) in [6.07, 6.45) is 4.51. The van der Waals surface area contributed by atoms with Crippen molar-refractivity contribution in [2.45, 2.75) is 33.2 Å². The van der Waals surface area contributed by atoms with E-state index >= 15 is 0 Å². The van der Waals surface area contributed by atoms with Gasteiger partial charge in [-0.05, 0) is 32.2 Å². The topological polar surface area (TPSA) is 69.5 Å². The van der Waals surface area contributed by atoms with Gasteiger partial charge in [-0.1, -0.05) is 6.92 Å². The van der Waals surface area contributed by atoms with Gasteiger partial charge in [0.2, 0.25) is 5.78 Å². The van der Waals surface area contributed by atoms with Gasteiger partial charge < -0.3 is 9.47 Å². The zero-order valence-electron chi connectivity index (χ0n) is 15.9. The van der Waals surface area contributed by atoms with E-state index in [-0.39, 0.29) is 11.2 Å². The van der Waals surface area contributed by atoms with Gasteiger partial charge in [0.1, 0.15) is 0 Å². The molecule has 0 spiro atoms. The Morgan fingerprint density at radius 3 is 2.69 bits per heavy atom. The zero-order valence-corrected chi connectivity index (χ0v) is 15.9. The number of hydrogen-bond donors (Lipinski definition) is 0. The number of nitrogens with zero attached hydrogens (tertiary/aromatic N) is 6. The summed E-state index contributed by atoms with van der Waals surface area (Å²) in [5.74, 6) is 1.47. The summed E-state index contributed by atoms with van der Waals surface area (Å²) in [7, 11) is 3.16. The molecule has 0 saturated carbocycles. The Kier molecular flexibility index (Phi) is 4.02. The molecule has 1 aliphatic rings. The van der Waals surface area contributed by atoms with Gasteiger partial charge in [-0.25, -0.2) is 4.79 Å². The molecule has 0 aromatic carbocycles. The van der Waals surface area contributed by atoms with Crippen molar-refractivity contribution in [3.8, 4) is 0 Å². The fourth-order valence-corrected chi connectivity index (χ4v) is 4.14. The van der Waals surface area contributed by atoms with Crippen LogP contribution in [-0.4, -0.2) is 47.6 Å². The minimum Gasteiger partial charge on any atom is -0.313 e. The van der Waals surface area contributed by atoms with E-state index in [0.717, 1.165) is 48.1 Å². The highest BCUT2D eigenvalue weighted by Gasteiger charge is 2.20. The van der Waals surface area contributed by atoms with Gasteiger partial charge >= 0.3 is 5.69 Å². The Morgan fingerprint density at radius 2 is 1.96 bits per heavy atom. The van der Waals surface area contributed by atoms with Crippen LogP contribution in [0.2, 0.25) is 0 Å². The van der Waals surface area contributed by atoms with Gasteiger partial charge in [0.25, 0.3) is 5.56 Å². The van der Waals surface area contributed by atoms with E-state index in [4.69, 9.17) is 0 Å². The van der Waals surface area contributed by atoms with E-state index in [0.29, 0.717) is 11.2 Å². The maximum absolute atomic E-state index is 12.6. The Labute approximate surface area is 151 Å².